The minimum absolute atomic E-state index is 0.403. The van der Waals surface area contributed by atoms with Crippen molar-refractivity contribution in [2.24, 2.45) is 0 Å². The number of nitrogens with zero attached hydrogens (tertiary/aromatic N) is 1. The lowest BCUT2D eigenvalue weighted by Gasteiger charge is -2.38. The molecule has 0 spiro atoms. The molecule has 0 aliphatic carbocycles. The van der Waals surface area contributed by atoms with E-state index in [2.05, 4.69) is 39.5 Å². The molecule has 0 rings (SSSR count). The summed E-state index contributed by atoms with van der Waals surface area (Å²) >= 11 is 0. The molecular formula is C15H33N. The second-order valence-corrected chi connectivity index (χ2v) is 5.61. The summed E-state index contributed by atoms with van der Waals surface area (Å²) in [5.74, 6) is 0. The highest BCUT2D eigenvalue weighted by atomic mass is 15.2. The standard InChI is InChI=1S/C15H33N/c1-6-9-10-11-12-15(4,5)16(13-7-2)14-8-3/h6-14H2,1-5H3. The average Bonchev–Trinajstić information content (AvgIpc) is 2.24. The van der Waals surface area contributed by atoms with Gasteiger partial charge in [0.25, 0.3) is 0 Å². The van der Waals surface area contributed by atoms with Crippen LogP contribution in [0.2, 0.25) is 0 Å². The molecule has 0 atom stereocenters. The lowest BCUT2D eigenvalue weighted by atomic mass is 9.93. The van der Waals surface area contributed by atoms with Crippen LogP contribution < -0.4 is 0 Å². The zero-order valence-corrected chi connectivity index (χ0v) is 12.3. The molecule has 0 bridgehead atoms. The first kappa shape index (κ1) is 16.0. The molecular weight excluding hydrogens is 194 g/mol. The zero-order valence-electron chi connectivity index (χ0n) is 12.3. The summed E-state index contributed by atoms with van der Waals surface area (Å²) in [4.78, 5) is 2.68. The van der Waals surface area contributed by atoms with Crippen LogP contribution >= 0.6 is 0 Å². The van der Waals surface area contributed by atoms with E-state index in [1.54, 1.807) is 0 Å². The van der Waals surface area contributed by atoms with Crippen molar-refractivity contribution in [2.45, 2.75) is 85.1 Å². The van der Waals surface area contributed by atoms with Gasteiger partial charge in [-0.3, -0.25) is 4.90 Å². The maximum atomic E-state index is 2.68. The summed E-state index contributed by atoms with van der Waals surface area (Å²) in [5, 5.41) is 0. The van der Waals surface area contributed by atoms with E-state index < -0.39 is 0 Å². The first-order valence-electron chi connectivity index (χ1n) is 7.33. The van der Waals surface area contributed by atoms with Crippen LogP contribution in [-0.4, -0.2) is 23.5 Å². The fourth-order valence-electron chi connectivity index (χ4n) is 2.40. The molecule has 98 valence electrons. The van der Waals surface area contributed by atoms with Gasteiger partial charge in [0.15, 0.2) is 0 Å². The first-order valence-corrected chi connectivity index (χ1v) is 7.33. The van der Waals surface area contributed by atoms with Gasteiger partial charge < -0.3 is 0 Å². The Hall–Kier alpha value is -0.0400. The fraction of sp³-hybridized carbons (Fsp3) is 1.00. The van der Waals surface area contributed by atoms with Crippen molar-refractivity contribution in [3.8, 4) is 0 Å². The maximum Gasteiger partial charge on any atom is 0.0153 e. The molecule has 1 nitrogen and oxygen atoms in total. The van der Waals surface area contributed by atoms with E-state index in [0.29, 0.717) is 5.54 Å². The van der Waals surface area contributed by atoms with Gasteiger partial charge in [-0.05, 0) is 46.2 Å². The molecule has 0 radical (unpaired) electrons. The first-order chi connectivity index (χ1) is 7.58. The molecule has 0 amide bonds. The summed E-state index contributed by atoms with van der Waals surface area (Å²) < 4.78 is 0. The zero-order chi connectivity index (χ0) is 12.4. The van der Waals surface area contributed by atoms with Crippen LogP contribution in [0.5, 0.6) is 0 Å². The molecule has 0 aromatic rings. The predicted molar refractivity (Wildman–Crippen MR) is 75.0 cm³/mol. The highest BCUT2D eigenvalue weighted by molar-refractivity contribution is 4.81. The Balaban J connectivity index is 4.01. The van der Waals surface area contributed by atoms with Crippen LogP contribution in [0.4, 0.5) is 0 Å². The SMILES string of the molecule is CCCCCCC(C)(C)N(CCC)CCC. The molecule has 16 heavy (non-hydrogen) atoms. The smallest absolute Gasteiger partial charge is 0.0153 e. The largest absolute Gasteiger partial charge is 0.298 e. The monoisotopic (exact) mass is 227 g/mol. The molecule has 0 fully saturated rings. The molecule has 0 saturated carbocycles. The highest BCUT2D eigenvalue weighted by Crippen LogP contribution is 2.22. The van der Waals surface area contributed by atoms with Crippen LogP contribution in [0, 0.1) is 0 Å². The molecule has 0 N–H and O–H groups in total. The van der Waals surface area contributed by atoms with Crippen LogP contribution in [-0.2, 0) is 0 Å². The van der Waals surface area contributed by atoms with Crippen molar-refractivity contribution in [3.63, 3.8) is 0 Å². The Kier molecular flexibility index (Phi) is 9.02. The summed E-state index contributed by atoms with van der Waals surface area (Å²) in [6.45, 7) is 14.2. The number of hydrogen-bond acceptors (Lipinski definition) is 1. The minimum Gasteiger partial charge on any atom is -0.298 e. The average molecular weight is 227 g/mol. The topological polar surface area (TPSA) is 3.24 Å². The van der Waals surface area contributed by atoms with Gasteiger partial charge in [0.2, 0.25) is 0 Å². The number of unbranched alkanes of at least 4 members (excludes halogenated alkanes) is 3. The quantitative estimate of drug-likeness (QED) is 0.482. The summed E-state index contributed by atoms with van der Waals surface area (Å²) in [7, 11) is 0. The highest BCUT2D eigenvalue weighted by Gasteiger charge is 2.24. The number of rotatable bonds is 10. The molecule has 0 aromatic heterocycles. The molecule has 0 aliphatic rings. The maximum absolute atomic E-state index is 2.68. The Labute approximate surface area is 104 Å². The van der Waals surface area contributed by atoms with Gasteiger partial charge in [0.05, 0.1) is 0 Å². The van der Waals surface area contributed by atoms with Crippen LogP contribution in [0.25, 0.3) is 0 Å². The van der Waals surface area contributed by atoms with E-state index in [-0.39, 0.29) is 0 Å². The lowest BCUT2D eigenvalue weighted by molar-refractivity contribution is 0.108. The van der Waals surface area contributed by atoms with E-state index in [4.69, 9.17) is 0 Å². The van der Waals surface area contributed by atoms with Gasteiger partial charge in [0, 0.05) is 5.54 Å². The van der Waals surface area contributed by atoms with Crippen molar-refractivity contribution < 1.29 is 0 Å². The summed E-state index contributed by atoms with van der Waals surface area (Å²) in [5.41, 5.74) is 0.403. The third-order valence-electron chi connectivity index (χ3n) is 3.49. The molecule has 0 aliphatic heterocycles. The number of hydrogen-bond donors (Lipinski definition) is 0. The van der Waals surface area contributed by atoms with Gasteiger partial charge in [-0.25, -0.2) is 0 Å². The lowest BCUT2D eigenvalue weighted by Crippen LogP contribution is -2.44. The van der Waals surface area contributed by atoms with Crippen molar-refractivity contribution in [2.75, 3.05) is 13.1 Å². The second-order valence-electron chi connectivity index (χ2n) is 5.61. The van der Waals surface area contributed by atoms with Crippen molar-refractivity contribution in [1.82, 2.24) is 4.90 Å². The van der Waals surface area contributed by atoms with E-state index in [1.165, 1.54) is 58.0 Å². The van der Waals surface area contributed by atoms with Crippen molar-refractivity contribution >= 4 is 0 Å². The summed E-state index contributed by atoms with van der Waals surface area (Å²) in [6.07, 6.45) is 9.45. The van der Waals surface area contributed by atoms with Crippen LogP contribution in [0.15, 0.2) is 0 Å². The van der Waals surface area contributed by atoms with Gasteiger partial charge in [-0.15, -0.1) is 0 Å². The van der Waals surface area contributed by atoms with E-state index in [0.717, 1.165) is 0 Å². The van der Waals surface area contributed by atoms with Crippen LogP contribution in [0.3, 0.4) is 0 Å². The molecule has 0 unspecified atom stereocenters. The Morgan fingerprint density at radius 3 is 1.75 bits per heavy atom. The Morgan fingerprint density at radius 2 is 1.31 bits per heavy atom. The molecule has 0 aromatic carbocycles. The van der Waals surface area contributed by atoms with Crippen LogP contribution in [0.1, 0.15) is 79.6 Å². The predicted octanol–water partition coefficient (Wildman–Crippen LogP) is 4.86. The second kappa shape index (κ2) is 9.04. The van der Waals surface area contributed by atoms with E-state index >= 15 is 0 Å². The minimum atomic E-state index is 0.403. The van der Waals surface area contributed by atoms with E-state index in [1.807, 2.05) is 0 Å². The molecule has 1 heteroatoms. The van der Waals surface area contributed by atoms with E-state index in [9.17, 15) is 0 Å². The van der Waals surface area contributed by atoms with Crippen molar-refractivity contribution in [1.29, 1.82) is 0 Å². The summed E-state index contributed by atoms with van der Waals surface area (Å²) in [6, 6.07) is 0. The van der Waals surface area contributed by atoms with Crippen molar-refractivity contribution in [3.05, 3.63) is 0 Å². The van der Waals surface area contributed by atoms with Gasteiger partial charge in [0.1, 0.15) is 0 Å². The Bertz CT molecular complexity index is 146. The molecule has 0 heterocycles. The third-order valence-corrected chi connectivity index (χ3v) is 3.49. The normalized spacial score (nSPS) is 12.4. The third kappa shape index (κ3) is 6.52. The molecule has 0 saturated heterocycles. The van der Waals surface area contributed by atoms with Gasteiger partial charge in [-0.2, -0.15) is 0 Å². The van der Waals surface area contributed by atoms with Gasteiger partial charge in [-0.1, -0.05) is 46.5 Å². The fourth-order valence-corrected chi connectivity index (χ4v) is 2.40. The Morgan fingerprint density at radius 1 is 0.750 bits per heavy atom. The van der Waals surface area contributed by atoms with Gasteiger partial charge >= 0.3 is 0 Å².